The number of hydrogen-bond acceptors (Lipinski definition) is 2. The average Bonchev–Trinajstić information content (AvgIpc) is 2.47. The second-order valence-corrected chi connectivity index (χ2v) is 5.32. The van der Waals surface area contributed by atoms with Crippen molar-refractivity contribution in [3.05, 3.63) is 53.3 Å². The Labute approximate surface area is 126 Å². The van der Waals surface area contributed by atoms with Crippen molar-refractivity contribution in [1.82, 2.24) is 9.88 Å². The fourth-order valence-corrected chi connectivity index (χ4v) is 2.55. The Kier molecular flexibility index (Phi) is 4.73. The van der Waals surface area contributed by atoms with Gasteiger partial charge in [0.25, 0.3) is 5.91 Å². The Bertz CT molecular complexity index is 625. The van der Waals surface area contributed by atoms with Crippen molar-refractivity contribution >= 4 is 5.91 Å². The summed E-state index contributed by atoms with van der Waals surface area (Å²) >= 11 is 0. The van der Waals surface area contributed by atoms with E-state index in [1.54, 1.807) is 6.20 Å². The van der Waals surface area contributed by atoms with Gasteiger partial charge in [-0.15, -0.1) is 0 Å². The molecule has 110 valence electrons. The summed E-state index contributed by atoms with van der Waals surface area (Å²) in [5.74, 6) is 0.0405. The summed E-state index contributed by atoms with van der Waals surface area (Å²) in [6.07, 6.45) is 3.46. The Morgan fingerprint density at radius 2 is 1.57 bits per heavy atom. The van der Waals surface area contributed by atoms with Crippen LogP contribution in [0.3, 0.4) is 0 Å². The molecule has 0 aliphatic carbocycles. The first-order valence-electron chi connectivity index (χ1n) is 7.38. The van der Waals surface area contributed by atoms with Gasteiger partial charge >= 0.3 is 0 Å². The van der Waals surface area contributed by atoms with Gasteiger partial charge in [-0.1, -0.05) is 29.3 Å². The van der Waals surface area contributed by atoms with Crippen molar-refractivity contribution in [1.29, 1.82) is 0 Å². The van der Waals surface area contributed by atoms with Gasteiger partial charge in [0, 0.05) is 31.0 Å². The molecule has 0 N–H and O–H groups in total. The SMILES string of the molecule is CCN(CC)C(=O)c1cncc(-c2cc(C)cc(C)c2)c1. The minimum atomic E-state index is 0.0405. The number of amides is 1. The van der Waals surface area contributed by atoms with Gasteiger partial charge in [-0.2, -0.15) is 0 Å². The number of hydrogen-bond donors (Lipinski definition) is 0. The van der Waals surface area contributed by atoms with Crippen LogP contribution in [0.2, 0.25) is 0 Å². The van der Waals surface area contributed by atoms with Crippen molar-refractivity contribution in [2.75, 3.05) is 13.1 Å². The number of rotatable bonds is 4. The highest BCUT2D eigenvalue weighted by Crippen LogP contribution is 2.22. The monoisotopic (exact) mass is 282 g/mol. The van der Waals surface area contributed by atoms with Gasteiger partial charge in [0.2, 0.25) is 0 Å². The van der Waals surface area contributed by atoms with Crippen molar-refractivity contribution in [2.45, 2.75) is 27.7 Å². The van der Waals surface area contributed by atoms with Crippen LogP contribution in [0.15, 0.2) is 36.7 Å². The van der Waals surface area contributed by atoms with E-state index in [4.69, 9.17) is 0 Å². The standard InChI is InChI=1S/C18H22N2O/c1-5-20(6-2)18(21)17-10-16(11-19-12-17)15-8-13(3)7-14(4)9-15/h7-12H,5-6H2,1-4H3. The van der Waals surface area contributed by atoms with Gasteiger partial charge in [-0.05, 0) is 39.3 Å². The minimum absolute atomic E-state index is 0.0405. The Morgan fingerprint density at radius 1 is 0.952 bits per heavy atom. The molecular weight excluding hydrogens is 260 g/mol. The minimum Gasteiger partial charge on any atom is -0.339 e. The molecule has 1 aromatic carbocycles. The largest absolute Gasteiger partial charge is 0.339 e. The van der Waals surface area contributed by atoms with Gasteiger partial charge in [-0.25, -0.2) is 0 Å². The lowest BCUT2D eigenvalue weighted by Gasteiger charge is -2.18. The summed E-state index contributed by atoms with van der Waals surface area (Å²) in [4.78, 5) is 18.5. The van der Waals surface area contributed by atoms with Crippen LogP contribution in [0.25, 0.3) is 11.1 Å². The smallest absolute Gasteiger partial charge is 0.255 e. The number of aryl methyl sites for hydroxylation is 2. The molecule has 0 spiro atoms. The second kappa shape index (κ2) is 6.53. The van der Waals surface area contributed by atoms with Crippen LogP contribution < -0.4 is 0 Å². The van der Waals surface area contributed by atoms with Crippen molar-refractivity contribution < 1.29 is 4.79 Å². The molecule has 0 atom stereocenters. The number of aromatic nitrogens is 1. The van der Waals surface area contributed by atoms with Crippen molar-refractivity contribution in [3.8, 4) is 11.1 Å². The maximum absolute atomic E-state index is 12.4. The maximum Gasteiger partial charge on any atom is 0.255 e. The third-order valence-electron chi connectivity index (χ3n) is 3.59. The van der Waals surface area contributed by atoms with Gasteiger partial charge in [0.1, 0.15) is 0 Å². The molecular formula is C18H22N2O. The maximum atomic E-state index is 12.4. The topological polar surface area (TPSA) is 33.2 Å². The summed E-state index contributed by atoms with van der Waals surface area (Å²) in [5, 5.41) is 0. The van der Waals surface area contributed by atoms with Gasteiger partial charge in [0.05, 0.1) is 5.56 Å². The molecule has 2 rings (SSSR count). The van der Waals surface area contributed by atoms with E-state index in [0.29, 0.717) is 18.7 Å². The van der Waals surface area contributed by atoms with Crippen LogP contribution in [0.1, 0.15) is 35.3 Å². The first-order valence-corrected chi connectivity index (χ1v) is 7.38. The summed E-state index contributed by atoms with van der Waals surface area (Å²) in [6, 6.07) is 8.31. The fraction of sp³-hybridized carbons (Fsp3) is 0.333. The van der Waals surface area contributed by atoms with Crippen LogP contribution in [-0.2, 0) is 0 Å². The summed E-state index contributed by atoms with van der Waals surface area (Å²) in [5.41, 5.74) is 5.17. The molecule has 1 aromatic heterocycles. The molecule has 0 saturated heterocycles. The molecule has 3 nitrogen and oxygen atoms in total. The molecule has 0 radical (unpaired) electrons. The number of benzene rings is 1. The molecule has 0 aliphatic heterocycles. The first-order chi connectivity index (χ1) is 10.0. The lowest BCUT2D eigenvalue weighted by molar-refractivity contribution is 0.0772. The van der Waals surface area contributed by atoms with Crippen LogP contribution >= 0.6 is 0 Å². The molecule has 1 amide bonds. The Balaban J connectivity index is 2.39. The fourth-order valence-electron chi connectivity index (χ4n) is 2.55. The van der Waals surface area contributed by atoms with Gasteiger partial charge in [0.15, 0.2) is 0 Å². The third-order valence-corrected chi connectivity index (χ3v) is 3.59. The number of carbonyl (C=O) groups excluding carboxylic acids is 1. The molecule has 2 aromatic rings. The molecule has 0 bridgehead atoms. The van der Waals surface area contributed by atoms with E-state index in [-0.39, 0.29) is 5.91 Å². The quantitative estimate of drug-likeness (QED) is 0.853. The highest BCUT2D eigenvalue weighted by molar-refractivity contribution is 5.95. The number of pyridine rings is 1. The molecule has 0 unspecified atom stereocenters. The zero-order valence-electron chi connectivity index (χ0n) is 13.2. The normalized spacial score (nSPS) is 10.5. The van der Waals surface area contributed by atoms with E-state index >= 15 is 0 Å². The molecule has 21 heavy (non-hydrogen) atoms. The lowest BCUT2D eigenvalue weighted by Crippen LogP contribution is -2.30. The van der Waals surface area contributed by atoms with E-state index < -0.39 is 0 Å². The van der Waals surface area contributed by atoms with E-state index in [1.807, 2.05) is 31.0 Å². The van der Waals surface area contributed by atoms with Gasteiger partial charge < -0.3 is 4.90 Å². The molecule has 0 aliphatic rings. The summed E-state index contributed by atoms with van der Waals surface area (Å²) in [7, 11) is 0. The summed E-state index contributed by atoms with van der Waals surface area (Å²) in [6.45, 7) is 9.56. The third kappa shape index (κ3) is 3.48. The van der Waals surface area contributed by atoms with Gasteiger partial charge in [-0.3, -0.25) is 9.78 Å². The van der Waals surface area contributed by atoms with Crippen molar-refractivity contribution in [3.63, 3.8) is 0 Å². The average molecular weight is 282 g/mol. The summed E-state index contributed by atoms with van der Waals surface area (Å²) < 4.78 is 0. The highest BCUT2D eigenvalue weighted by Gasteiger charge is 2.13. The van der Waals surface area contributed by atoms with E-state index in [1.165, 1.54) is 11.1 Å². The van der Waals surface area contributed by atoms with Crippen molar-refractivity contribution in [2.24, 2.45) is 0 Å². The molecule has 3 heteroatoms. The van der Waals surface area contributed by atoms with Crippen LogP contribution in [0.5, 0.6) is 0 Å². The van der Waals surface area contributed by atoms with E-state index in [0.717, 1.165) is 11.1 Å². The van der Waals surface area contributed by atoms with E-state index in [9.17, 15) is 4.79 Å². The zero-order valence-corrected chi connectivity index (χ0v) is 13.2. The predicted molar refractivity (Wildman–Crippen MR) is 86.4 cm³/mol. The zero-order chi connectivity index (χ0) is 15.4. The van der Waals surface area contributed by atoms with Crippen LogP contribution in [-0.4, -0.2) is 28.9 Å². The highest BCUT2D eigenvalue weighted by atomic mass is 16.2. The first kappa shape index (κ1) is 15.2. The molecule has 1 heterocycles. The molecule has 0 saturated carbocycles. The Hall–Kier alpha value is -2.16. The van der Waals surface area contributed by atoms with Crippen LogP contribution in [0, 0.1) is 13.8 Å². The van der Waals surface area contributed by atoms with Crippen LogP contribution in [0.4, 0.5) is 0 Å². The predicted octanol–water partition coefficient (Wildman–Crippen LogP) is 3.85. The lowest BCUT2D eigenvalue weighted by atomic mass is 10.0. The number of nitrogens with zero attached hydrogens (tertiary/aromatic N) is 2. The number of carbonyl (C=O) groups is 1. The second-order valence-electron chi connectivity index (χ2n) is 5.32. The molecule has 0 fully saturated rings. The van der Waals surface area contributed by atoms with E-state index in [2.05, 4.69) is 37.0 Å². The Morgan fingerprint density at radius 3 is 2.14 bits per heavy atom.